The summed E-state index contributed by atoms with van der Waals surface area (Å²) >= 11 is 4.24. The zero-order valence-corrected chi connectivity index (χ0v) is 10.2. The third-order valence-electron chi connectivity index (χ3n) is 1.38. The lowest BCUT2D eigenvalue weighted by Crippen LogP contribution is -2.06. The molecule has 7 heteroatoms. The molecule has 2 N–H and O–H groups in total. The van der Waals surface area contributed by atoms with Gasteiger partial charge in [0.2, 0.25) is 0 Å². The smallest absolute Gasteiger partial charge is 0.333 e. The van der Waals surface area contributed by atoms with Crippen LogP contribution in [0.25, 0.3) is 0 Å². The van der Waals surface area contributed by atoms with Crippen molar-refractivity contribution in [1.82, 2.24) is 0 Å². The molecule has 0 rings (SSSR count). The highest BCUT2D eigenvalue weighted by atomic mass is 32.5. The largest absolute Gasteiger partial charge is 0.462 e. The molecule has 5 nitrogen and oxygen atoms in total. The Morgan fingerprint density at radius 2 is 1.93 bits per heavy atom. The second-order valence-corrected chi connectivity index (χ2v) is 5.61. The molecule has 0 aliphatic rings. The van der Waals surface area contributed by atoms with Crippen molar-refractivity contribution >= 4 is 24.5 Å². The van der Waals surface area contributed by atoms with Crippen molar-refractivity contribution in [1.29, 1.82) is 0 Å². The lowest BCUT2D eigenvalue weighted by Gasteiger charge is -2.08. The van der Waals surface area contributed by atoms with E-state index >= 15 is 0 Å². The molecule has 88 valence electrons. The van der Waals surface area contributed by atoms with Crippen molar-refractivity contribution in [2.75, 3.05) is 13.2 Å². The quantitative estimate of drug-likeness (QED) is 0.307. The minimum absolute atomic E-state index is 0.148. The summed E-state index contributed by atoms with van der Waals surface area (Å²) in [6, 6.07) is 0. The maximum absolute atomic E-state index is 10.9. The molecule has 15 heavy (non-hydrogen) atoms. The molecular formula is C8H15O5PS. The van der Waals surface area contributed by atoms with Gasteiger partial charge in [0.15, 0.2) is 0 Å². The molecule has 0 heterocycles. The zero-order chi connectivity index (χ0) is 11.9. The molecule has 0 radical (unpaired) electrons. The van der Waals surface area contributed by atoms with Gasteiger partial charge in [0.25, 0.3) is 0 Å². The van der Waals surface area contributed by atoms with Crippen molar-refractivity contribution in [3.05, 3.63) is 12.2 Å². The Hall–Kier alpha value is -0.260. The Kier molecular flexibility index (Phi) is 6.96. The van der Waals surface area contributed by atoms with Crippen LogP contribution in [0.15, 0.2) is 12.2 Å². The van der Waals surface area contributed by atoms with Gasteiger partial charge >= 0.3 is 12.7 Å². The Morgan fingerprint density at radius 3 is 2.40 bits per heavy atom. The lowest BCUT2D eigenvalue weighted by molar-refractivity contribution is -0.139. The van der Waals surface area contributed by atoms with Crippen molar-refractivity contribution in [2.24, 2.45) is 0 Å². The molecule has 0 aliphatic carbocycles. The first kappa shape index (κ1) is 14.7. The third-order valence-corrected chi connectivity index (χ3v) is 2.21. The number of hydrogen-bond donors (Lipinski definition) is 2. The van der Waals surface area contributed by atoms with E-state index in [1.807, 2.05) is 0 Å². The molecule has 0 aliphatic heterocycles. The van der Waals surface area contributed by atoms with Gasteiger partial charge in [-0.3, -0.25) is 0 Å². The van der Waals surface area contributed by atoms with Gasteiger partial charge in [-0.25, -0.2) is 4.79 Å². The Bertz CT molecular complexity index is 272. The monoisotopic (exact) mass is 254 g/mol. The van der Waals surface area contributed by atoms with Crippen LogP contribution in [0.5, 0.6) is 0 Å². The Balaban J connectivity index is 3.37. The first-order valence-electron chi connectivity index (χ1n) is 4.35. The fourth-order valence-electron chi connectivity index (χ4n) is 0.676. The SMILES string of the molecule is C=C(C)C(=O)OCCCCOP(O)(O)=S. The predicted octanol–water partition coefficient (Wildman–Crippen LogP) is 1.11. The van der Waals surface area contributed by atoms with E-state index in [2.05, 4.69) is 22.9 Å². The summed E-state index contributed by atoms with van der Waals surface area (Å²) in [6.07, 6.45) is 1.12. The second kappa shape index (κ2) is 7.09. The third kappa shape index (κ3) is 10.0. The van der Waals surface area contributed by atoms with E-state index in [4.69, 9.17) is 14.5 Å². The van der Waals surface area contributed by atoms with Crippen LogP contribution in [-0.2, 0) is 25.9 Å². The van der Waals surface area contributed by atoms with E-state index in [1.165, 1.54) is 0 Å². The summed E-state index contributed by atoms with van der Waals surface area (Å²) in [5.41, 5.74) is 0.354. The number of carbonyl (C=O) groups is 1. The van der Waals surface area contributed by atoms with Crippen LogP contribution in [0.2, 0.25) is 0 Å². The number of hydrogen-bond acceptors (Lipinski definition) is 4. The van der Waals surface area contributed by atoms with Gasteiger partial charge in [-0.05, 0) is 31.6 Å². The first-order valence-corrected chi connectivity index (χ1v) is 6.98. The predicted molar refractivity (Wildman–Crippen MR) is 59.7 cm³/mol. The summed E-state index contributed by atoms with van der Waals surface area (Å²) < 4.78 is 9.36. The van der Waals surface area contributed by atoms with Crippen molar-refractivity contribution in [3.8, 4) is 0 Å². The fourth-order valence-corrected chi connectivity index (χ4v) is 1.27. The molecule has 0 aromatic rings. The maximum atomic E-state index is 10.9. The zero-order valence-electron chi connectivity index (χ0n) is 8.51. The first-order chi connectivity index (χ1) is 6.83. The number of ether oxygens (including phenoxy) is 1. The van der Waals surface area contributed by atoms with Crippen LogP contribution >= 0.6 is 6.72 Å². The molecule has 0 saturated heterocycles. The van der Waals surface area contributed by atoms with E-state index in [0.29, 0.717) is 18.4 Å². The molecular weight excluding hydrogens is 239 g/mol. The van der Waals surface area contributed by atoms with Gasteiger partial charge < -0.3 is 19.0 Å². The maximum Gasteiger partial charge on any atom is 0.333 e. The van der Waals surface area contributed by atoms with Gasteiger partial charge in [0.1, 0.15) is 0 Å². The van der Waals surface area contributed by atoms with Crippen molar-refractivity contribution in [3.63, 3.8) is 0 Å². The molecule has 0 atom stereocenters. The summed E-state index contributed by atoms with van der Waals surface area (Å²) in [5.74, 6) is -0.426. The lowest BCUT2D eigenvalue weighted by atomic mass is 10.3. The normalized spacial score (nSPS) is 11.1. The molecule has 0 spiro atoms. The number of carbonyl (C=O) groups excluding carboxylic acids is 1. The van der Waals surface area contributed by atoms with Crippen LogP contribution in [0.1, 0.15) is 19.8 Å². The van der Waals surface area contributed by atoms with E-state index in [9.17, 15) is 4.79 Å². The van der Waals surface area contributed by atoms with Crippen LogP contribution < -0.4 is 0 Å². The topological polar surface area (TPSA) is 76.0 Å². The van der Waals surface area contributed by atoms with E-state index in [0.717, 1.165) is 0 Å². The number of esters is 1. The fraction of sp³-hybridized carbons (Fsp3) is 0.625. The van der Waals surface area contributed by atoms with Crippen LogP contribution in [0.4, 0.5) is 0 Å². The molecule has 0 bridgehead atoms. The van der Waals surface area contributed by atoms with E-state index < -0.39 is 12.7 Å². The van der Waals surface area contributed by atoms with Crippen molar-refractivity contribution < 1.29 is 23.8 Å². The number of rotatable bonds is 7. The minimum Gasteiger partial charge on any atom is -0.462 e. The highest BCUT2D eigenvalue weighted by molar-refractivity contribution is 8.06. The summed E-state index contributed by atoms with van der Waals surface area (Å²) in [4.78, 5) is 28.3. The van der Waals surface area contributed by atoms with E-state index in [1.54, 1.807) is 6.92 Å². The summed E-state index contributed by atoms with van der Waals surface area (Å²) in [5, 5.41) is 0. The molecule has 0 aromatic heterocycles. The van der Waals surface area contributed by atoms with Crippen LogP contribution in [0.3, 0.4) is 0 Å². The molecule has 0 unspecified atom stereocenters. The molecule has 0 fully saturated rings. The van der Waals surface area contributed by atoms with E-state index in [-0.39, 0.29) is 13.2 Å². The highest BCUT2D eigenvalue weighted by Gasteiger charge is 2.07. The Morgan fingerprint density at radius 1 is 1.40 bits per heavy atom. The molecule has 0 aromatic carbocycles. The Labute approximate surface area is 94.0 Å². The van der Waals surface area contributed by atoms with Gasteiger partial charge in [-0.15, -0.1) is 0 Å². The van der Waals surface area contributed by atoms with Gasteiger partial charge in [-0.2, -0.15) is 0 Å². The molecule has 0 saturated carbocycles. The second-order valence-electron chi connectivity index (χ2n) is 2.95. The van der Waals surface area contributed by atoms with Crippen molar-refractivity contribution in [2.45, 2.75) is 19.8 Å². The average molecular weight is 254 g/mol. The summed E-state index contributed by atoms with van der Waals surface area (Å²) in [7, 11) is 0. The molecule has 0 amide bonds. The minimum atomic E-state index is -3.54. The summed E-state index contributed by atoms with van der Waals surface area (Å²) in [6.45, 7) is 1.86. The van der Waals surface area contributed by atoms with Crippen LogP contribution in [0, 0.1) is 0 Å². The van der Waals surface area contributed by atoms with Crippen LogP contribution in [-0.4, -0.2) is 29.0 Å². The van der Waals surface area contributed by atoms with Gasteiger partial charge in [-0.1, -0.05) is 6.58 Å². The van der Waals surface area contributed by atoms with Gasteiger partial charge in [0, 0.05) is 5.57 Å². The van der Waals surface area contributed by atoms with Gasteiger partial charge in [0.05, 0.1) is 13.2 Å². The standard InChI is InChI=1S/C8H15O5PS/c1-7(2)8(9)12-5-3-4-6-13-14(10,11)15/h1,3-6H2,2H3,(H2,10,11,15). The number of unbranched alkanes of at least 4 members (excludes halogenated alkanes) is 1. The average Bonchev–Trinajstić information content (AvgIpc) is 2.08. The highest BCUT2D eigenvalue weighted by Crippen LogP contribution is 2.36.